The molecule has 0 saturated carbocycles. The third-order valence-corrected chi connectivity index (χ3v) is 2.73. The third-order valence-electron chi connectivity index (χ3n) is 2.54. The zero-order valence-electron chi connectivity index (χ0n) is 10.9. The number of benzene rings is 1. The molecule has 0 fully saturated rings. The van der Waals surface area contributed by atoms with Gasteiger partial charge < -0.3 is 10.1 Å². The maximum Gasteiger partial charge on any atom is 0.221 e. The van der Waals surface area contributed by atoms with Crippen molar-refractivity contribution in [3.05, 3.63) is 29.8 Å². The van der Waals surface area contributed by atoms with E-state index in [1.807, 2.05) is 18.2 Å². The van der Waals surface area contributed by atoms with Crippen LogP contribution in [0.4, 0.5) is 0 Å². The molecule has 0 saturated heterocycles. The van der Waals surface area contributed by atoms with Gasteiger partial charge in [0.2, 0.25) is 5.91 Å². The number of hydrogen-bond acceptors (Lipinski definition) is 2. The molecule has 0 aliphatic heterocycles. The van der Waals surface area contributed by atoms with Crippen LogP contribution in [0.1, 0.15) is 31.7 Å². The number of carbonyl (C=O) groups excluding carboxylic acids is 1. The van der Waals surface area contributed by atoms with Crippen LogP contribution in [0, 0.1) is 0 Å². The largest absolute Gasteiger partial charge is 0.491 e. The Bertz CT molecular complexity index is 380. The molecule has 1 rings (SSSR count). The molecule has 1 aromatic carbocycles. The Morgan fingerprint density at radius 3 is 2.78 bits per heavy atom. The fourth-order valence-corrected chi connectivity index (χ4v) is 1.79. The summed E-state index contributed by atoms with van der Waals surface area (Å²) in [6, 6.07) is 7.97. The van der Waals surface area contributed by atoms with Crippen LogP contribution in [-0.2, 0) is 4.79 Å². The van der Waals surface area contributed by atoms with Crippen molar-refractivity contribution in [1.29, 1.82) is 0 Å². The van der Waals surface area contributed by atoms with Crippen molar-refractivity contribution in [2.75, 3.05) is 19.0 Å². The Morgan fingerprint density at radius 2 is 2.11 bits per heavy atom. The zero-order valence-corrected chi connectivity index (χ0v) is 11.7. The van der Waals surface area contributed by atoms with Crippen LogP contribution < -0.4 is 10.1 Å². The fourth-order valence-electron chi connectivity index (χ4n) is 1.61. The molecule has 1 aromatic rings. The lowest BCUT2D eigenvalue weighted by atomic mass is 10.0. The van der Waals surface area contributed by atoms with E-state index < -0.39 is 0 Å². The number of amides is 1. The number of hydrogen-bond donors (Lipinski definition) is 1. The number of ether oxygens (including phenoxy) is 1. The van der Waals surface area contributed by atoms with E-state index >= 15 is 0 Å². The van der Waals surface area contributed by atoms with Gasteiger partial charge in [0.1, 0.15) is 12.4 Å². The SMILES string of the molecule is CC(C)c1ccccc1OCCNC(=O)CCCl. The molecule has 3 nitrogen and oxygen atoms in total. The van der Waals surface area contributed by atoms with E-state index in [-0.39, 0.29) is 5.91 Å². The van der Waals surface area contributed by atoms with E-state index in [2.05, 4.69) is 25.2 Å². The summed E-state index contributed by atoms with van der Waals surface area (Å²) in [6.07, 6.45) is 0.351. The molecule has 100 valence electrons. The highest BCUT2D eigenvalue weighted by Gasteiger charge is 2.06. The van der Waals surface area contributed by atoms with E-state index in [0.717, 1.165) is 5.75 Å². The van der Waals surface area contributed by atoms with Gasteiger partial charge in [-0.1, -0.05) is 32.0 Å². The van der Waals surface area contributed by atoms with Crippen LogP contribution in [0.15, 0.2) is 24.3 Å². The maximum absolute atomic E-state index is 11.2. The minimum atomic E-state index is -0.0363. The Labute approximate surface area is 113 Å². The number of halogens is 1. The molecule has 0 spiro atoms. The van der Waals surface area contributed by atoms with Crippen molar-refractivity contribution >= 4 is 17.5 Å². The normalized spacial score (nSPS) is 10.4. The minimum Gasteiger partial charge on any atom is -0.491 e. The predicted molar refractivity (Wildman–Crippen MR) is 74.4 cm³/mol. The highest BCUT2D eigenvalue weighted by Crippen LogP contribution is 2.25. The molecule has 1 N–H and O–H groups in total. The van der Waals surface area contributed by atoms with Gasteiger partial charge in [0.25, 0.3) is 0 Å². The van der Waals surface area contributed by atoms with E-state index in [9.17, 15) is 4.79 Å². The Morgan fingerprint density at radius 1 is 1.39 bits per heavy atom. The molecule has 1 amide bonds. The van der Waals surface area contributed by atoms with Gasteiger partial charge in [-0.05, 0) is 17.5 Å². The van der Waals surface area contributed by atoms with Gasteiger partial charge in [-0.3, -0.25) is 4.79 Å². The van der Waals surface area contributed by atoms with Gasteiger partial charge in [0.05, 0.1) is 6.54 Å². The van der Waals surface area contributed by atoms with Gasteiger partial charge in [-0.15, -0.1) is 11.6 Å². The topological polar surface area (TPSA) is 38.3 Å². The number of carbonyl (C=O) groups is 1. The molecular formula is C14H20ClNO2. The molecule has 0 unspecified atom stereocenters. The van der Waals surface area contributed by atoms with Crippen LogP contribution in [0.25, 0.3) is 0 Å². The summed E-state index contributed by atoms with van der Waals surface area (Å²) < 4.78 is 5.68. The van der Waals surface area contributed by atoms with Crippen LogP contribution in [0.2, 0.25) is 0 Å². The van der Waals surface area contributed by atoms with Crippen molar-refractivity contribution in [1.82, 2.24) is 5.32 Å². The lowest BCUT2D eigenvalue weighted by molar-refractivity contribution is -0.120. The second kappa shape index (κ2) is 7.98. The first-order valence-electron chi connectivity index (χ1n) is 6.19. The molecule has 18 heavy (non-hydrogen) atoms. The van der Waals surface area contributed by atoms with Gasteiger partial charge in [-0.25, -0.2) is 0 Å². The van der Waals surface area contributed by atoms with Crippen LogP contribution in [0.5, 0.6) is 5.75 Å². The van der Waals surface area contributed by atoms with Crippen LogP contribution in [0.3, 0.4) is 0 Å². The van der Waals surface area contributed by atoms with Crippen molar-refractivity contribution in [3.8, 4) is 5.75 Å². The van der Waals surface area contributed by atoms with E-state index in [4.69, 9.17) is 16.3 Å². The summed E-state index contributed by atoms with van der Waals surface area (Å²) in [5, 5.41) is 2.75. The molecule has 0 aliphatic rings. The average Bonchev–Trinajstić information content (AvgIpc) is 2.35. The predicted octanol–water partition coefficient (Wildman–Crippen LogP) is 2.93. The summed E-state index contributed by atoms with van der Waals surface area (Å²) in [6.45, 7) is 5.23. The first-order chi connectivity index (χ1) is 8.65. The third kappa shape index (κ3) is 4.96. The van der Waals surface area contributed by atoms with Gasteiger partial charge in [0.15, 0.2) is 0 Å². The molecule has 0 heterocycles. The van der Waals surface area contributed by atoms with Crippen LogP contribution in [-0.4, -0.2) is 24.9 Å². The second-order valence-electron chi connectivity index (χ2n) is 4.33. The van der Waals surface area contributed by atoms with E-state index in [1.165, 1.54) is 5.56 Å². The monoisotopic (exact) mass is 269 g/mol. The molecule has 0 aliphatic carbocycles. The summed E-state index contributed by atoms with van der Waals surface area (Å²) in [4.78, 5) is 11.2. The molecule has 0 atom stereocenters. The minimum absolute atomic E-state index is 0.0363. The van der Waals surface area contributed by atoms with Gasteiger partial charge in [0, 0.05) is 12.3 Å². The standard InChI is InChI=1S/C14H20ClNO2/c1-11(2)12-5-3-4-6-13(12)18-10-9-16-14(17)7-8-15/h3-6,11H,7-10H2,1-2H3,(H,16,17). The first-order valence-corrected chi connectivity index (χ1v) is 6.73. The quantitative estimate of drug-likeness (QED) is 0.611. The summed E-state index contributed by atoms with van der Waals surface area (Å²) in [7, 11) is 0. The number of nitrogens with one attached hydrogen (secondary N) is 1. The molecule has 0 aromatic heterocycles. The summed E-state index contributed by atoms with van der Waals surface area (Å²) in [5.41, 5.74) is 1.18. The van der Waals surface area contributed by atoms with Crippen molar-refractivity contribution < 1.29 is 9.53 Å². The van der Waals surface area contributed by atoms with Crippen molar-refractivity contribution in [2.24, 2.45) is 0 Å². The highest BCUT2D eigenvalue weighted by atomic mass is 35.5. The lowest BCUT2D eigenvalue weighted by Gasteiger charge is -2.14. The first kappa shape index (κ1) is 14.8. The zero-order chi connectivity index (χ0) is 13.4. The molecule has 4 heteroatoms. The highest BCUT2D eigenvalue weighted by molar-refractivity contribution is 6.18. The van der Waals surface area contributed by atoms with Crippen molar-refractivity contribution in [2.45, 2.75) is 26.2 Å². The lowest BCUT2D eigenvalue weighted by Crippen LogP contribution is -2.28. The molecule has 0 bridgehead atoms. The number of alkyl halides is 1. The summed E-state index contributed by atoms with van der Waals surface area (Å²) in [5.74, 6) is 1.62. The Hall–Kier alpha value is -1.22. The summed E-state index contributed by atoms with van der Waals surface area (Å²) >= 11 is 5.47. The van der Waals surface area contributed by atoms with Gasteiger partial charge >= 0.3 is 0 Å². The Kier molecular flexibility index (Phi) is 6.58. The number of para-hydroxylation sites is 1. The Balaban J connectivity index is 2.37. The van der Waals surface area contributed by atoms with Crippen LogP contribution >= 0.6 is 11.6 Å². The van der Waals surface area contributed by atoms with Gasteiger partial charge in [-0.2, -0.15) is 0 Å². The van der Waals surface area contributed by atoms with Crippen molar-refractivity contribution in [3.63, 3.8) is 0 Å². The maximum atomic E-state index is 11.2. The number of rotatable bonds is 7. The second-order valence-corrected chi connectivity index (χ2v) is 4.71. The molecular weight excluding hydrogens is 250 g/mol. The smallest absolute Gasteiger partial charge is 0.221 e. The fraction of sp³-hybridized carbons (Fsp3) is 0.500. The van der Waals surface area contributed by atoms with E-state index in [0.29, 0.717) is 31.4 Å². The van der Waals surface area contributed by atoms with E-state index in [1.54, 1.807) is 0 Å². The molecule has 0 radical (unpaired) electrons. The average molecular weight is 270 g/mol.